The summed E-state index contributed by atoms with van der Waals surface area (Å²) < 4.78 is 6.38. The second-order valence-electron chi connectivity index (χ2n) is 4.51. The lowest BCUT2D eigenvalue weighted by Crippen LogP contribution is -1.87. The van der Waals surface area contributed by atoms with Gasteiger partial charge in [0.15, 0.2) is 0 Å². The first kappa shape index (κ1) is 15.6. The SMILES string of the molecule is CSC1=N/C(=C/c2ccc(-c3ccc([N+](=O)[O-])cc3)o2)C(=O)S1. The van der Waals surface area contributed by atoms with Crippen LogP contribution in [-0.2, 0) is 4.79 Å². The molecule has 23 heavy (non-hydrogen) atoms. The Kier molecular flexibility index (Phi) is 4.35. The van der Waals surface area contributed by atoms with Crippen LogP contribution in [0.1, 0.15) is 5.76 Å². The van der Waals surface area contributed by atoms with E-state index >= 15 is 0 Å². The Morgan fingerprint density at radius 3 is 2.61 bits per heavy atom. The number of furan rings is 1. The standard InChI is InChI=1S/C15H10N2O4S2/c1-22-15-16-12(14(18)23-15)8-11-6-7-13(21-11)9-2-4-10(5-3-9)17(19)20/h2-8H,1H3/b12-8+. The molecule has 0 bridgehead atoms. The first-order valence-electron chi connectivity index (χ1n) is 6.48. The third-order valence-corrected chi connectivity index (χ3v) is 4.89. The molecule has 2 aromatic rings. The molecular formula is C15H10N2O4S2. The summed E-state index contributed by atoms with van der Waals surface area (Å²) in [5.74, 6) is 1.08. The topological polar surface area (TPSA) is 85.7 Å². The number of benzene rings is 1. The van der Waals surface area contributed by atoms with Crippen LogP contribution in [0.25, 0.3) is 17.4 Å². The summed E-state index contributed by atoms with van der Waals surface area (Å²) in [6.45, 7) is 0. The third kappa shape index (κ3) is 3.38. The molecule has 2 heterocycles. The van der Waals surface area contributed by atoms with Crippen LogP contribution >= 0.6 is 23.5 Å². The van der Waals surface area contributed by atoms with Crippen molar-refractivity contribution >= 4 is 44.8 Å². The molecule has 0 fully saturated rings. The number of hydrogen-bond acceptors (Lipinski definition) is 7. The van der Waals surface area contributed by atoms with E-state index in [9.17, 15) is 14.9 Å². The summed E-state index contributed by atoms with van der Waals surface area (Å²) in [5.41, 5.74) is 1.10. The van der Waals surface area contributed by atoms with Gasteiger partial charge in [-0.15, -0.1) is 11.8 Å². The molecule has 0 spiro atoms. The Hall–Kier alpha value is -2.32. The van der Waals surface area contributed by atoms with Crippen molar-refractivity contribution in [2.45, 2.75) is 0 Å². The summed E-state index contributed by atoms with van der Waals surface area (Å²) in [6.07, 6.45) is 3.45. The zero-order valence-corrected chi connectivity index (χ0v) is 13.5. The van der Waals surface area contributed by atoms with E-state index in [4.69, 9.17) is 4.42 Å². The zero-order valence-electron chi connectivity index (χ0n) is 11.9. The predicted molar refractivity (Wildman–Crippen MR) is 92.3 cm³/mol. The number of nitro benzene ring substituents is 1. The Bertz CT molecular complexity index is 837. The first-order chi connectivity index (χ1) is 11.1. The molecule has 0 unspecified atom stereocenters. The molecule has 0 amide bonds. The minimum atomic E-state index is -0.452. The molecule has 0 aliphatic carbocycles. The smallest absolute Gasteiger partial charge is 0.269 e. The van der Waals surface area contributed by atoms with E-state index < -0.39 is 4.92 Å². The van der Waals surface area contributed by atoms with Gasteiger partial charge in [0.2, 0.25) is 5.12 Å². The fraction of sp³-hybridized carbons (Fsp3) is 0.0667. The lowest BCUT2D eigenvalue weighted by atomic mass is 10.1. The Morgan fingerprint density at radius 2 is 2.00 bits per heavy atom. The van der Waals surface area contributed by atoms with Gasteiger partial charge in [-0.25, -0.2) is 4.99 Å². The van der Waals surface area contributed by atoms with Gasteiger partial charge in [0.25, 0.3) is 5.69 Å². The highest BCUT2D eigenvalue weighted by molar-refractivity contribution is 8.45. The average Bonchev–Trinajstić information content (AvgIpc) is 3.15. The lowest BCUT2D eigenvalue weighted by molar-refractivity contribution is -0.384. The van der Waals surface area contributed by atoms with Crippen LogP contribution in [0.2, 0.25) is 0 Å². The van der Waals surface area contributed by atoms with Crippen molar-refractivity contribution in [3.8, 4) is 11.3 Å². The van der Waals surface area contributed by atoms with Gasteiger partial charge in [-0.05, 0) is 42.3 Å². The van der Waals surface area contributed by atoms with Crippen molar-refractivity contribution in [1.82, 2.24) is 0 Å². The monoisotopic (exact) mass is 346 g/mol. The van der Waals surface area contributed by atoms with Gasteiger partial charge in [0, 0.05) is 23.8 Å². The van der Waals surface area contributed by atoms with Gasteiger partial charge in [-0.3, -0.25) is 14.9 Å². The normalized spacial score (nSPS) is 16.0. The number of hydrogen-bond donors (Lipinski definition) is 0. The molecule has 3 rings (SSSR count). The van der Waals surface area contributed by atoms with E-state index in [1.165, 1.54) is 23.9 Å². The third-order valence-electron chi connectivity index (χ3n) is 3.04. The Balaban J connectivity index is 1.85. The molecule has 8 heteroatoms. The maximum absolute atomic E-state index is 11.8. The van der Waals surface area contributed by atoms with Crippen LogP contribution in [0.5, 0.6) is 0 Å². The number of carbonyl (C=O) groups excluding carboxylic acids is 1. The van der Waals surface area contributed by atoms with Gasteiger partial charge < -0.3 is 4.42 Å². The highest BCUT2D eigenvalue weighted by atomic mass is 32.2. The number of rotatable bonds is 3. The number of aliphatic imine (C=N–C) groups is 1. The molecule has 0 N–H and O–H groups in total. The average molecular weight is 346 g/mol. The van der Waals surface area contributed by atoms with Crippen LogP contribution in [-0.4, -0.2) is 20.7 Å². The van der Waals surface area contributed by atoms with Gasteiger partial charge in [-0.2, -0.15) is 0 Å². The fourth-order valence-electron chi connectivity index (χ4n) is 1.94. The van der Waals surface area contributed by atoms with Crippen molar-refractivity contribution in [2.75, 3.05) is 6.26 Å². The number of nitro groups is 1. The molecular weight excluding hydrogens is 336 g/mol. The molecule has 0 saturated carbocycles. The maximum atomic E-state index is 11.8. The molecule has 0 saturated heterocycles. The zero-order chi connectivity index (χ0) is 16.4. The maximum Gasteiger partial charge on any atom is 0.269 e. The molecule has 1 aromatic heterocycles. The van der Waals surface area contributed by atoms with E-state index in [0.717, 1.165) is 17.3 Å². The number of thioether (sulfide) groups is 2. The summed E-state index contributed by atoms with van der Waals surface area (Å²) >= 11 is 2.52. The highest BCUT2D eigenvalue weighted by Crippen LogP contribution is 2.31. The summed E-state index contributed by atoms with van der Waals surface area (Å²) in [7, 11) is 0. The van der Waals surface area contributed by atoms with E-state index in [1.807, 2.05) is 6.26 Å². The van der Waals surface area contributed by atoms with E-state index in [-0.39, 0.29) is 10.8 Å². The van der Waals surface area contributed by atoms with Crippen LogP contribution in [0, 0.1) is 10.1 Å². The lowest BCUT2D eigenvalue weighted by Gasteiger charge is -1.96. The van der Waals surface area contributed by atoms with Crippen molar-refractivity contribution in [2.24, 2.45) is 4.99 Å². The van der Waals surface area contributed by atoms with E-state index in [1.54, 1.807) is 30.3 Å². The molecule has 1 aliphatic rings. The number of non-ortho nitro benzene ring substituents is 1. The molecule has 116 valence electrons. The summed E-state index contributed by atoms with van der Waals surface area (Å²) in [4.78, 5) is 26.2. The largest absolute Gasteiger partial charge is 0.457 e. The van der Waals surface area contributed by atoms with Crippen molar-refractivity contribution in [3.05, 3.63) is 58.0 Å². The summed E-state index contributed by atoms with van der Waals surface area (Å²) in [5, 5.41) is 10.5. The Labute approximate surface area is 139 Å². The van der Waals surface area contributed by atoms with Gasteiger partial charge in [0.1, 0.15) is 21.6 Å². The van der Waals surface area contributed by atoms with Gasteiger partial charge in [-0.1, -0.05) is 0 Å². The van der Waals surface area contributed by atoms with E-state index in [0.29, 0.717) is 21.6 Å². The quantitative estimate of drug-likeness (QED) is 0.470. The Morgan fingerprint density at radius 1 is 1.26 bits per heavy atom. The van der Waals surface area contributed by atoms with Crippen molar-refractivity contribution < 1.29 is 14.1 Å². The number of carbonyl (C=O) groups is 1. The van der Waals surface area contributed by atoms with Crippen molar-refractivity contribution in [1.29, 1.82) is 0 Å². The molecule has 0 radical (unpaired) electrons. The van der Waals surface area contributed by atoms with Crippen LogP contribution in [0.3, 0.4) is 0 Å². The second-order valence-corrected chi connectivity index (χ2v) is 6.52. The van der Waals surface area contributed by atoms with E-state index in [2.05, 4.69) is 4.99 Å². The van der Waals surface area contributed by atoms with Crippen molar-refractivity contribution in [3.63, 3.8) is 0 Å². The first-order valence-corrected chi connectivity index (χ1v) is 8.52. The van der Waals surface area contributed by atoms with Gasteiger partial charge >= 0.3 is 0 Å². The molecule has 1 aliphatic heterocycles. The van der Waals surface area contributed by atoms with Crippen LogP contribution < -0.4 is 0 Å². The van der Waals surface area contributed by atoms with Crippen LogP contribution in [0.4, 0.5) is 5.69 Å². The van der Waals surface area contributed by atoms with Gasteiger partial charge in [0.05, 0.1) is 4.92 Å². The molecule has 6 nitrogen and oxygen atoms in total. The predicted octanol–water partition coefficient (Wildman–Crippen LogP) is 4.19. The second kappa shape index (κ2) is 6.43. The minimum Gasteiger partial charge on any atom is -0.457 e. The molecule has 0 atom stereocenters. The fourth-order valence-corrected chi connectivity index (χ4v) is 3.21. The molecule has 1 aromatic carbocycles. The highest BCUT2D eigenvalue weighted by Gasteiger charge is 2.21. The van der Waals surface area contributed by atoms with Crippen LogP contribution in [0.15, 0.2) is 51.5 Å². The summed E-state index contributed by atoms with van der Waals surface area (Å²) in [6, 6.07) is 9.56. The number of nitrogens with zero attached hydrogens (tertiary/aromatic N) is 2. The minimum absolute atomic E-state index is 0.0233.